The summed E-state index contributed by atoms with van der Waals surface area (Å²) in [5.41, 5.74) is 4.54. The molecular weight excluding hydrogens is 324 g/mol. The van der Waals surface area contributed by atoms with Gasteiger partial charge in [0.25, 0.3) is 0 Å². The quantitative estimate of drug-likeness (QED) is 0.897. The van der Waals surface area contributed by atoms with Crippen molar-refractivity contribution >= 4 is 17.9 Å². The first-order valence-corrected chi connectivity index (χ1v) is 8.93. The van der Waals surface area contributed by atoms with Crippen molar-refractivity contribution in [2.45, 2.75) is 32.7 Å². The highest BCUT2D eigenvalue weighted by atomic mass is 16.2. The zero-order valence-corrected chi connectivity index (χ0v) is 15.2. The summed E-state index contributed by atoms with van der Waals surface area (Å²) in [4.78, 5) is 26.1. The van der Waals surface area contributed by atoms with E-state index in [1.165, 1.54) is 18.1 Å². The van der Waals surface area contributed by atoms with Crippen LogP contribution in [0.1, 0.15) is 41.6 Å². The van der Waals surface area contributed by atoms with Gasteiger partial charge in [-0.05, 0) is 41.7 Å². The lowest BCUT2D eigenvalue weighted by molar-refractivity contribution is -0.129. The smallest absolute Gasteiger partial charge is 0.223 e. The van der Waals surface area contributed by atoms with Crippen molar-refractivity contribution < 1.29 is 9.59 Å². The lowest BCUT2D eigenvalue weighted by Crippen LogP contribution is -2.35. The summed E-state index contributed by atoms with van der Waals surface area (Å²) in [6, 6.07) is 15.8. The largest absolute Gasteiger partial charge is 0.356 e. The molecular formula is C22H24N2O2. The zero-order chi connectivity index (χ0) is 18.5. The summed E-state index contributed by atoms with van der Waals surface area (Å²) in [7, 11) is 0. The van der Waals surface area contributed by atoms with Gasteiger partial charge >= 0.3 is 0 Å². The highest BCUT2D eigenvalue weighted by Gasteiger charge is 2.27. The Morgan fingerprint density at radius 3 is 2.58 bits per heavy atom. The van der Waals surface area contributed by atoms with Gasteiger partial charge in [0.1, 0.15) is 0 Å². The van der Waals surface area contributed by atoms with E-state index in [2.05, 4.69) is 24.4 Å². The summed E-state index contributed by atoms with van der Waals surface area (Å²) in [5, 5.41) is 2.99. The number of nitrogens with zero attached hydrogens (tertiary/aromatic N) is 1. The molecule has 2 aromatic rings. The standard InChI is InChI=1S/C22H24N2O2/c1-16-7-3-4-8-18(16)11-13-23-22(26)15-21-20-10-6-5-9-19(20)12-14-24(21)17(2)25/h3-10,12,14,21H,11,13,15H2,1-2H3,(H,23,26). The van der Waals surface area contributed by atoms with Crippen molar-refractivity contribution in [1.82, 2.24) is 10.2 Å². The van der Waals surface area contributed by atoms with E-state index in [1.807, 2.05) is 42.5 Å². The molecule has 1 heterocycles. The fraction of sp³-hybridized carbons (Fsp3) is 0.273. The number of carbonyl (C=O) groups excluding carboxylic acids is 2. The van der Waals surface area contributed by atoms with E-state index in [0.29, 0.717) is 6.54 Å². The first-order valence-electron chi connectivity index (χ1n) is 8.93. The van der Waals surface area contributed by atoms with Crippen LogP contribution in [0.5, 0.6) is 0 Å². The Kier molecular flexibility index (Phi) is 5.52. The number of fused-ring (bicyclic) bond motifs is 1. The fourth-order valence-electron chi connectivity index (χ4n) is 3.39. The van der Waals surface area contributed by atoms with E-state index in [-0.39, 0.29) is 24.3 Å². The molecule has 2 aromatic carbocycles. The summed E-state index contributed by atoms with van der Waals surface area (Å²) in [6.45, 7) is 4.20. The molecule has 0 bridgehead atoms. The van der Waals surface area contributed by atoms with Gasteiger partial charge in [-0.3, -0.25) is 9.59 Å². The first-order chi connectivity index (χ1) is 12.6. The van der Waals surface area contributed by atoms with Gasteiger partial charge < -0.3 is 10.2 Å². The third kappa shape index (κ3) is 4.02. The maximum Gasteiger partial charge on any atom is 0.223 e. The van der Waals surface area contributed by atoms with Crippen LogP contribution in [0.15, 0.2) is 54.7 Å². The fourth-order valence-corrected chi connectivity index (χ4v) is 3.39. The second-order valence-corrected chi connectivity index (χ2v) is 6.62. The average molecular weight is 348 g/mol. The van der Waals surface area contributed by atoms with Gasteiger partial charge in [0.05, 0.1) is 12.5 Å². The minimum atomic E-state index is -0.257. The number of amides is 2. The second kappa shape index (κ2) is 8.00. The zero-order valence-electron chi connectivity index (χ0n) is 15.2. The summed E-state index contributed by atoms with van der Waals surface area (Å²) in [6.07, 6.45) is 4.75. The minimum Gasteiger partial charge on any atom is -0.356 e. The number of benzene rings is 2. The molecule has 26 heavy (non-hydrogen) atoms. The molecule has 134 valence electrons. The van der Waals surface area contributed by atoms with E-state index in [4.69, 9.17) is 0 Å². The molecule has 0 saturated carbocycles. The Balaban J connectivity index is 1.64. The van der Waals surface area contributed by atoms with Gasteiger partial charge in [0, 0.05) is 19.7 Å². The molecule has 0 radical (unpaired) electrons. The molecule has 0 spiro atoms. The van der Waals surface area contributed by atoms with Crippen LogP contribution in [0.2, 0.25) is 0 Å². The van der Waals surface area contributed by atoms with Crippen LogP contribution < -0.4 is 5.32 Å². The monoisotopic (exact) mass is 348 g/mol. The van der Waals surface area contributed by atoms with Crippen molar-refractivity contribution in [3.8, 4) is 0 Å². The Bertz CT molecular complexity index is 842. The van der Waals surface area contributed by atoms with Gasteiger partial charge in [0.15, 0.2) is 0 Å². The van der Waals surface area contributed by atoms with Crippen LogP contribution in [0.4, 0.5) is 0 Å². The number of hydrogen-bond acceptors (Lipinski definition) is 2. The van der Waals surface area contributed by atoms with Crippen molar-refractivity contribution in [3.05, 3.63) is 77.0 Å². The van der Waals surface area contributed by atoms with Gasteiger partial charge in [-0.15, -0.1) is 0 Å². The summed E-state index contributed by atoms with van der Waals surface area (Å²) >= 11 is 0. The van der Waals surface area contributed by atoms with E-state index >= 15 is 0 Å². The lowest BCUT2D eigenvalue weighted by Gasteiger charge is -2.32. The predicted octanol–water partition coefficient (Wildman–Crippen LogP) is 3.62. The molecule has 4 heteroatoms. The first kappa shape index (κ1) is 17.9. The molecule has 2 amide bonds. The minimum absolute atomic E-state index is 0.0417. The van der Waals surface area contributed by atoms with E-state index in [1.54, 1.807) is 11.1 Å². The molecule has 0 saturated heterocycles. The second-order valence-electron chi connectivity index (χ2n) is 6.62. The van der Waals surface area contributed by atoms with Crippen LogP contribution in [0, 0.1) is 6.92 Å². The van der Waals surface area contributed by atoms with Crippen LogP contribution >= 0.6 is 0 Å². The molecule has 3 rings (SSSR count). The lowest BCUT2D eigenvalue weighted by atomic mass is 9.93. The predicted molar refractivity (Wildman–Crippen MR) is 103 cm³/mol. The normalized spacial score (nSPS) is 15.5. The molecule has 4 nitrogen and oxygen atoms in total. The van der Waals surface area contributed by atoms with Crippen molar-refractivity contribution in [2.75, 3.05) is 6.54 Å². The van der Waals surface area contributed by atoms with Crippen LogP contribution in [0.25, 0.3) is 6.08 Å². The van der Waals surface area contributed by atoms with Gasteiger partial charge in [-0.25, -0.2) is 0 Å². The third-order valence-electron chi connectivity index (χ3n) is 4.83. The summed E-state index contributed by atoms with van der Waals surface area (Å²) < 4.78 is 0. The Labute approximate surface area is 154 Å². The molecule has 1 aliphatic heterocycles. The number of hydrogen-bond donors (Lipinski definition) is 1. The summed E-state index contributed by atoms with van der Waals surface area (Å²) in [5.74, 6) is -0.103. The maximum atomic E-state index is 12.5. The van der Waals surface area contributed by atoms with Gasteiger partial charge in [-0.2, -0.15) is 0 Å². The van der Waals surface area contributed by atoms with Crippen molar-refractivity contribution in [2.24, 2.45) is 0 Å². The maximum absolute atomic E-state index is 12.5. The topological polar surface area (TPSA) is 49.4 Å². The highest BCUT2D eigenvalue weighted by molar-refractivity contribution is 5.81. The Morgan fingerprint density at radius 1 is 1.08 bits per heavy atom. The number of aryl methyl sites for hydroxylation is 1. The number of rotatable bonds is 5. The van der Waals surface area contributed by atoms with Crippen LogP contribution in [-0.4, -0.2) is 23.3 Å². The third-order valence-corrected chi connectivity index (χ3v) is 4.83. The van der Waals surface area contributed by atoms with Crippen LogP contribution in [-0.2, 0) is 16.0 Å². The van der Waals surface area contributed by atoms with Crippen molar-refractivity contribution in [3.63, 3.8) is 0 Å². The average Bonchev–Trinajstić information content (AvgIpc) is 2.63. The molecule has 1 N–H and O–H groups in total. The van der Waals surface area contributed by atoms with Gasteiger partial charge in [-0.1, -0.05) is 48.5 Å². The molecule has 1 atom stereocenters. The number of nitrogens with one attached hydrogen (secondary N) is 1. The SMILES string of the molecule is CC(=O)N1C=Cc2ccccc2C1CC(=O)NCCc1ccccc1C. The van der Waals surface area contributed by atoms with E-state index < -0.39 is 0 Å². The van der Waals surface area contributed by atoms with Gasteiger partial charge in [0.2, 0.25) is 11.8 Å². The Morgan fingerprint density at radius 2 is 1.81 bits per heavy atom. The van der Waals surface area contributed by atoms with E-state index in [9.17, 15) is 9.59 Å². The van der Waals surface area contributed by atoms with Crippen molar-refractivity contribution in [1.29, 1.82) is 0 Å². The van der Waals surface area contributed by atoms with Crippen LogP contribution in [0.3, 0.4) is 0 Å². The molecule has 0 aliphatic carbocycles. The van der Waals surface area contributed by atoms with E-state index in [0.717, 1.165) is 17.5 Å². The Hall–Kier alpha value is -2.88. The highest BCUT2D eigenvalue weighted by Crippen LogP contribution is 2.32. The molecule has 1 unspecified atom stereocenters. The molecule has 1 aliphatic rings. The molecule has 0 aromatic heterocycles. The molecule has 0 fully saturated rings. The number of carbonyl (C=O) groups is 2.